The third-order valence-electron chi connectivity index (χ3n) is 11.8. The molecule has 3 saturated heterocycles. The maximum absolute atomic E-state index is 15.2. The molecule has 7 rings (SSSR count). The Bertz CT molecular complexity index is 1630. The van der Waals surface area contributed by atoms with Crippen LogP contribution in [0.5, 0.6) is 0 Å². The van der Waals surface area contributed by atoms with Gasteiger partial charge in [0, 0.05) is 74.9 Å². The number of carbonyl (C=O) groups is 1. The number of aryl methyl sites for hydroxylation is 2. The molecule has 246 valence electrons. The van der Waals surface area contributed by atoms with Crippen molar-refractivity contribution in [2.24, 2.45) is 13.0 Å². The van der Waals surface area contributed by atoms with Crippen LogP contribution in [0.1, 0.15) is 85.9 Å². The number of nitrogens with zero attached hydrogens (tertiary/aromatic N) is 5. The second-order valence-corrected chi connectivity index (χ2v) is 15.1. The summed E-state index contributed by atoms with van der Waals surface area (Å²) in [4.78, 5) is 23.4. The van der Waals surface area contributed by atoms with E-state index in [-0.39, 0.29) is 34.5 Å². The Labute approximate surface area is 275 Å². The molecule has 4 aliphatic rings. The highest BCUT2D eigenvalue weighted by molar-refractivity contribution is 6.31. The van der Waals surface area contributed by atoms with E-state index in [1.807, 2.05) is 16.6 Å². The number of piperidine rings is 1. The highest BCUT2D eigenvalue weighted by Crippen LogP contribution is 2.58. The van der Waals surface area contributed by atoms with Gasteiger partial charge in [-0.1, -0.05) is 37.6 Å². The van der Waals surface area contributed by atoms with E-state index in [0.29, 0.717) is 51.0 Å². The first-order valence-electron chi connectivity index (χ1n) is 16.7. The molecule has 4 heterocycles. The van der Waals surface area contributed by atoms with Gasteiger partial charge in [-0.15, -0.1) is 0 Å². The van der Waals surface area contributed by atoms with Crippen molar-refractivity contribution in [3.05, 3.63) is 81.4 Å². The van der Waals surface area contributed by atoms with Crippen LogP contribution in [0.2, 0.25) is 5.02 Å². The number of likely N-dealkylation sites (tertiary alicyclic amines) is 2. The Morgan fingerprint density at radius 3 is 2.48 bits per heavy atom. The van der Waals surface area contributed by atoms with Gasteiger partial charge >= 0.3 is 0 Å². The SMILES string of the molecule is Cc1cc2c(cc1Cl)C1(CCN(C(=O)[C@@H]3CN(C4CCOCC4)C[C@H]3c3ccc(F)cc3F)CC1)CC2C(C)(C)c1ncnn1C. The topological polar surface area (TPSA) is 63.5 Å². The number of halogens is 3. The number of fused-ring (bicyclic) bond motifs is 2. The standard InChI is InChI=1S/C36H44ClF2N5O2/c1-22-15-26-29(17-31(22)37)36(18-30(26)35(2,3)34-40-21-41-42(34)4)9-11-43(12-10-36)33(45)28-20-44(24-7-13-46-14-8-24)19-27(28)25-6-5-23(38)16-32(25)39/h5-6,15-17,21,24,27-28,30H,7-14,18-20H2,1-4H3/t27-,28+,30?/m0/s1. The number of rotatable bonds is 5. The fraction of sp³-hybridized carbons (Fsp3) is 0.583. The summed E-state index contributed by atoms with van der Waals surface area (Å²) in [6, 6.07) is 8.53. The van der Waals surface area contributed by atoms with E-state index in [9.17, 15) is 9.18 Å². The van der Waals surface area contributed by atoms with Crippen molar-refractivity contribution in [3.63, 3.8) is 0 Å². The summed E-state index contributed by atoms with van der Waals surface area (Å²) in [5, 5.41) is 5.15. The number of ether oxygens (including phenoxy) is 1. The molecule has 3 atom stereocenters. The Morgan fingerprint density at radius 1 is 1.07 bits per heavy atom. The van der Waals surface area contributed by atoms with Gasteiger partial charge < -0.3 is 9.64 Å². The first-order chi connectivity index (χ1) is 22.0. The molecule has 2 aromatic carbocycles. The third kappa shape index (κ3) is 5.36. The molecule has 3 aliphatic heterocycles. The van der Waals surface area contributed by atoms with Gasteiger partial charge in [-0.25, -0.2) is 13.8 Å². The summed E-state index contributed by atoms with van der Waals surface area (Å²) >= 11 is 6.76. The molecule has 0 N–H and O–H groups in total. The summed E-state index contributed by atoms with van der Waals surface area (Å²) in [5.74, 6) is -0.621. The Hall–Kier alpha value is -2.88. The van der Waals surface area contributed by atoms with Gasteiger partial charge in [-0.05, 0) is 84.7 Å². The van der Waals surface area contributed by atoms with E-state index in [1.54, 1.807) is 6.33 Å². The molecule has 1 amide bonds. The number of aromatic nitrogens is 3. The van der Waals surface area contributed by atoms with Crippen molar-refractivity contribution in [2.45, 2.75) is 81.6 Å². The molecule has 1 spiro atoms. The highest BCUT2D eigenvalue weighted by atomic mass is 35.5. The molecule has 0 radical (unpaired) electrons. The molecule has 3 fully saturated rings. The van der Waals surface area contributed by atoms with E-state index in [2.05, 4.69) is 47.9 Å². The minimum atomic E-state index is -0.600. The highest BCUT2D eigenvalue weighted by Gasteiger charge is 2.52. The van der Waals surface area contributed by atoms with Gasteiger partial charge in [-0.3, -0.25) is 14.4 Å². The largest absolute Gasteiger partial charge is 0.381 e. The van der Waals surface area contributed by atoms with Gasteiger partial charge in [0.2, 0.25) is 5.91 Å². The number of carbonyl (C=O) groups excluding carboxylic acids is 1. The quantitative estimate of drug-likeness (QED) is 0.325. The Kier molecular flexibility index (Phi) is 8.25. The second-order valence-electron chi connectivity index (χ2n) is 14.7. The van der Waals surface area contributed by atoms with E-state index in [0.717, 1.165) is 54.6 Å². The average Bonchev–Trinajstić information content (AvgIpc) is 3.75. The van der Waals surface area contributed by atoms with Crippen molar-refractivity contribution < 1.29 is 18.3 Å². The molecule has 7 nitrogen and oxygen atoms in total. The van der Waals surface area contributed by atoms with Gasteiger partial charge in [0.05, 0.1) is 5.92 Å². The lowest BCUT2D eigenvalue weighted by Crippen LogP contribution is -2.48. The Balaban J connectivity index is 1.15. The lowest BCUT2D eigenvalue weighted by atomic mass is 9.69. The van der Waals surface area contributed by atoms with Crippen LogP contribution in [0.25, 0.3) is 0 Å². The van der Waals surface area contributed by atoms with Crippen LogP contribution in [0.3, 0.4) is 0 Å². The van der Waals surface area contributed by atoms with E-state index < -0.39 is 11.6 Å². The zero-order valence-electron chi connectivity index (χ0n) is 27.2. The maximum Gasteiger partial charge on any atom is 0.227 e. The zero-order chi connectivity index (χ0) is 32.4. The van der Waals surface area contributed by atoms with Crippen LogP contribution in [0.4, 0.5) is 8.78 Å². The van der Waals surface area contributed by atoms with Gasteiger partial charge in [0.15, 0.2) is 0 Å². The van der Waals surface area contributed by atoms with Crippen molar-refractivity contribution in [3.8, 4) is 0 Å². The second kappa shape index (κ2) is 12.0. The molecule has 0 saturated carbocycles. The lowest BCUT2D eigenvalue weighted by molar-refractivity contribution is -0.137. The molecule has 1 aromatic heterocycles. The summed E-state index contributed by atoms with van der Waals surface area (Å²) in [6.45, 7) is 10.4. The molecule has 0 bridgehead atoms. The van der Waals surface area contributed by atoms with Crippen molar-refractivity contribution >= 4 is 17.5 Å². The normalized spacial score (nSPS) is 25.4. The maximum atomic E-state index is 15.2. The monoisotopic (exact) mass is 651 g/mol. The number of benzene rings is 2. The molecule has 1 unspecified atom stereocenters. The van der Waals surface area contributed by atoms with Crippen LogP contribution in [0, 0.1) is 24.5 Å². The summed E-state index contributed by atoms with van der Waals surface area (Å²) in [6.07, 6.45) is 6.05. The first-order valence-corrected chi connectivity index (χ1v) is 17.1. The van der Waals surface area contributed by atoms with E-state index in [1.165, 1.54) is 23.3 Å². The average molecular weight is 652 g/mol. The molecular weight excluding hydrogens is 608 g/mol. The first kappa shape index (κ1) is 31.7. The zero-order valence-corrected chi connectivity index (χ0v) is 28.0. The number of hydrogen-bond donors (Lipinski definition) is 0. The Morgan fingerprint density at radius 2 is 1.80 bits per heavy atom. The van der Waals surface area contributed by atoms with Gasteiger partial charge in [0.1, 0.15) is 23.8 Å². The van der Waals surface area contributed by atoms with E-state index >= 15 is 4.39 Å². The molecule has 46 heavy (non-hydrogen) atoms. The summed E-state index contributed by atoms with van der Waals surface area (Å²) in [5.41, 5.74) is 3.76. The molecular formula is C36H44ClF2N5O2. The third-order valence-corrected chi connectivity index (χ3v) is 12.2. The van der Waals surface area contributed by atoms with Crippen LogP contribution < -0.4 is 0 Å². The minimum Gasteiger partial charge on any atom is -0.381 e. The molecule has 10 heteroatoms. The van der Waals surface area contributed by atoms with Crippen molar-refractivity contribution in [1.82, 2.24) is 24.6 Å². The number of amides is 1. The van der Waals surface area contributed by atoms with Crippen LogP contribution in [-0.2, 0) is 27.4 Å². The van der Waals surface area contributed by atoms with Crippen LogP contribution >= 0.6 is 11.6 Å². The van der Waals surface area contributed by atoms with Gasteiger partial charge in [-0.2, -0.15) is 5.10 Å². The van der Waals surface area contributed by atoms with Crippen molar-refractivity contribution in [1.29, 1.82) is 0 Å². The summed E-state index contributed by atoms with van der Waals surface area (Å²) in [7, 11) is 1.95. The molecule has 1 aliphatic carbocycles. The van der Waals surface area contributed by atoms with Crippen LogP contribution in [0.15, 0.2) is 36.7 Å². The fourth-order valence-electron chi connectivity index (χ4n) is 9.15. The number of hydrogen-bond acceptors (Lipinski definition) is 5. The summed E-state index contributed by atoms with van der Waals surface area (Å²) < 4.78 is 36.5. The predicted molar refractivity (Wildman–Crippen MR) is 173 cm³/mol. The minimum absolute atomic E-state index is 0.0780. The molecule has 3 aromatic rings. The predicted octanol–water partition coefficient (Wildman–Crippen LogP) is 6.28. The van der Waals surface area contributed by atoms with Crippen molar-refractivity contribution in [2.75, 3.05) is 39.4 Å². The lowest BCUT2D eigenvalue weighted by Gasteiger charge is -2.42. The van der Waals surface area contributed by atoms with E-state index in [4.69, 9.17) is 16.3 Å². The van der Waals surface area contributed by atoms with Gasteiger partial charge in [0.25, 0.3) is 0 Å². The fourth-order valence-corrected chi connectivity index (χ4v) is 9.32. The smallest absolute Gasteiger partial charge is 0.227 e. The van der Waals surface area contributed by atoms with Crippen LogP contribution in [-0.4, -0.2) is 75.9 Å².